The number of para-hydroxylation sites is 1. The molecule has 6 heteroatoms. The van der Waals surface area contributed by atoms with Crippen LogP contribution in [0.25, 0.3) is 0 Å². The number of nitrogens with zero attached hydrogens (tertiary/aromatic N) is 1. The summed E-state index contributed by atoms with van der Waals surface area (Å²) in [5.41, 5.74) is -0.687. The van der Waals surface area contributed by atoms with Crippen molar-refractivity contribution in [3.63, 3.8) is 0 Å². The summed E-state index contributed by atoms with van der Waals surface area (Å²) in [4.78, 5) is 37.2. The molecule has 2 fully saturated rings. The van der Waals surface area contributed by atoms with Gasteiger partial charge in [-0.15, -0.1) is 0 Å². The predicted molar refractivity (Wildman–Crippen MR) is 82.6 cm³/mol. The number of carbonyl (C=O) groups is 3. The van der Waals surface area contributed by atoms with Gasteiger partial charge in [-0.2, -0.15) is 0 Å². The molecule has 3 rings (SSSR count). The first kappa shape index (κ1) is 15.5. The van der Waals surface area contributed by atoms with Crippen LogP contribution in [-0.2, 0) is 14.4 Å². The van der Waals surface area contributed by atoms with Gasteiger partial charge in [-0.3, -0.25) is 19.7 Å². The molecule has 0 bridgehead atoms. The van der Waals surface area contributed by atoms with E-state index in [1.807, 2.05) is 30.3 Å². The van der Waals surface area contributed by atoms with E-state index < -0.39 is 5.41 Å². The lowest BCUT2D eigenvalue weighted by molar-refractivity contribution is -0.132. The molecule has 0 saturated carbocycles. The average molecular weight is 316 g/mol. The van der Waals surface area contributed by atoms with Gasteiger partial charge in [0.15, 0.2) is 0 Å². The Kier molecular flexibility index (Phi) is 4.32. The molecular weight excluding hydrogens is 296 g/mol. The van der Waals surface area contributed by atoms with E-state index in [1.54, 1.807) is 4.90 Å². The molecule has 1 N–H and O–H groups in total. The van der Waals surface area contributed by atoms with Crippen LogP contribution in [0.2, 0.25) is 0 Å². The second kappa shape index (κ2) is 6.40. The summed E-state index contributed by atoms with van der Waals surface area (Å²) < 4.78 is 5.56. The van der Waals surface area contributed by atoms with Crippen molar-refractivity contribution in [1.82, 2.24) is 10.2 Å². The van der Waals surface area contributed by atoms with E-state index in [1.165, 1.54) is 0 Å². The Morgan fingerprint density at radius 2 is 2.04 bits per heavy atom. The second-order valence-electron chi connectivity index (χ2n) is 6.16. The van der Waals surface area contributed by atoms with E-state index in [0.717, 1.165) is 5.75 Å². The van der Waals surface area contributed by atoms with Gasteiger partial charge in [0.2, 0.25) is 17.7 Å². The van der Waals surface area contributed by atoms with Crippen LogP contribution >= 0.6 is 0 Å². The van der Waals surface area contributed by atoms with Crippen LogP contribution in [0.15, 0.2) is 30.3 Å². The largest absolute Gasteiger partial charge is 0.494 e. The summed E-state index contributed by atoms with van der Waals surface area (Å²) in [6, 6.07) is 9.48. The maximum Gasteiger partial charge on any atom is 0.235 e. The van der Waals surface area contributed by atoms with Crippen molar-refractivity contribution in [3.05, 3.63) is 30.3 Å². The first-order valence-corrected chi connectivity index (χ1v) is 7.89. The summed E-state index contributed by atoms with van der Waals surface area (Å²) in [5.74, 6) is 0.345. The molecule has 2 heterocycles. The molecule has 0 unspecified atom stereocenters. The van der Waals surface area contributed by atoms with E-state index in [9.17, 15) is 14.4 Å². The Hall–Kier alpha value is -2.37. The zero-order valence-corrected chi connectivity index (χ0v) is 12.9. The number of hydrogen-bond donors (Lipinski definition) is 1. The third-order valence-corrected chi connectivity index (χ3v) is 4.49. The quantitative estimate of drug-likeness (QED) is 0.652. The second-order valence-corrected chi connectivity index (χ2v) is 6.16. The number of hydrogen-bond acceptors (Lipinski definition) is 4. The van der Waals surface area contributed by atoms with Crippen molar-refractivity contribution in [3.8, 4) is 5.75 Å². The van der Waals surface area contributed by atoms with Crippen molar-refractivity contribution in [2.24, 2.45) is 5.41 Å². The van der Waals surface area contributed by atoms with Gasteiger partial charge in [0.1, 0.15) is 5.75 Å². The molecule has 1 spiro atoms. The van der Waals surface area contributed by atoms with E-state index >= 15 is 0 Å². The maximum atomic E-state index is 12.2. The molecule has 3 amide bonds. The standard InChI is InChI=1S/C17H20N2O4/c20-14-11-17(16(22)18-14)8-9-19(12-17)15(21)7-4-10-23-13-5-2-1-3-6-13/h1-3,5-6H,4,7-12H2,(H,18,20,22)/t17-/m0/s1. The number of likely N-dealkylation sites (tertiary alicyclic amines) is 1. The highest BCUT2D eigenvalue weighted by Crippen LogP contribution is 2.37. The first-order chi connectivity index (χ1) is 11.1. The fourth-order valence-corrected chi connectivity index (χ4v) is 3.19. The Bertz CT molecular complexity index is 616. The lowest BCUT2D eigenvalue weighted by atomic mass is 9.85. The highest BCUT2D eigenvalue weighted by molar-refractivity contribution is 6.06. The van der Waals surface area contributed by atoms with Gasteiger partial charge in [-0.1, -0.05) is 18.2 Å². The van der Waals surface area contributed by atoms with E-state index in [0.29, 0.717) is 39.0 Å². The molecular formula is C17H20N2O4. The highest BCUT2D eigenvalue weighted by Gasteiger charge is 2.51. The fourth-order valence-electron chi connectivity index (χ4n) is 3.19. The van der Waals surface area contributed by atoms with Crippen molar-refractivity contribution >= 4 is 17.7 Å². The van der Waals surface area contributed by atoms with Gasteiger partial charge in [0.05, 0.1) is 12.0 Å². The molecule has 0 radical (unpaired) electrons. The van der Waals surface area contributed by atoms with Crippen LogP contribution in [0.3, 0.4) is 0 Å². The minimum absolute atomic E-state index is 0.0192. The fraction of sp³-hybridized carbons (Fsp3) is 0.471. The Labute approximate surface area is 134 Å². The van der Waals surface area contributed by atoms with E-state index in [2.05, 4.69) is 5.32 Å². The van der Waals surface area contributed by atoms with Crippen LogP contribution in [-0.4, -0.2) is 42.3 Å². The van der Waals surface area contributed by atoms with E-state index in [4.69, 9.17) is 4.74 Å². The molecule has 122 valence electrons. The molecule has 1 atom stereocenters. The van der Waals surface area contributed by atoms with Crippen LogP contribution < -0.4 is 10.1 Å². The molecule has 1 aromatic carbocycles. The highest BCUT2D eigenvalue weighted by atomic mass is 16.5. The van der Waals surface area contributed by atoms with Crippen LogP contribution in [0, 0.1) is 5.41 Å². The van der Waals surface area contributed by atoms with E-state index in [-0.39, 0.29) is 24.1 Å². The molecule has 2 saturated heterocycles. The lowest BCUT2D eigenvalue weighted by Crippen LogP contribution is -2.36. The first-order valence-electron chi connectivity index (χ1n) is 7.89. The molecule has 6 nitrogen and oxygen atoms in total. The number of ether oxygens (including phenoxy) is 1. The van der Waals surface area contributed by atoms with Gasteiger partial charge in [-0.25, -0.2) is 0 Å². The molecule has 0 aliphatic carbocycles. The van der Waals surface area contributed by atoms with Crippen molar-refractivity contribution < 1.29 is 19.1 Å². The number of rotatable bonds is 5. The summed E-state index contributed by atoms with van der Waals surface area (Å²) in [7, 11) is 0. The molecule has 0 aromatic heterocycles. The molecule has 1 aromatic rings. The lowest BCUT2D eigenvalue weighted by Gasteiger charge is -2.20. The molecule has 2 aliphatic rings. The summed E-state index contributed by atoms with van der Waals surface area (Å²) >= 11 is 0. The number of benzene rings is 1. The van der Waals surface area contributed by atoms with Crippen molar-refractivity contribution in [1.29, 1.82) is 0 Å². The third kappa shape index (κ3) is 3.36. The number of nitrogens with one attached hydrogen (secondary N) is 1. The van der Waals surface area contributed by atoms with Crippen molar-refractivity contribution in [2.45, 2.75) is 25.7 Å². The van der Waals surface area contributed by atoms with Gasteiger partial charge in [0.25, 0.3) is 0 Å². The number of carbonyl (C=O) groups excluding carboxylic acids is 3. The monoisotopic (exact) mass is 316 g/mol. The summed E-state index contributed by atoms with van der Waals surface area (Å²) in [6.07, 6.45) is 1.78. The minimum Gasteiger partial charge on any atom is -0.494 e. The third-order valence-electron chi connectivity index (χ3n) is 4.49. The zero-order chi connectivity index (χ0) is 16.3. The van der Waals surface area contributed by atoms with Crippen LogP contribution in [0.5, 0.6) is 5.75 Å². The van der Waals surface area contributed by atoms with Crippen molar-refractivity contribution in [2.75, 3.05) is 19.7 Å². The Balaban J connectivity index is 1.43. The van der Waals surface area contributed by atoms with Gasteiger partial charge >= 0.3 is 0 Å². The van der Waals surface area contributed by atoms with Gasteiger partial charge in [0, 0.05) is 25.9 Å². The average Bonchev–Trinajstić information content (AvgIpc) is 3.09. The minimum atomic E-state index is -0.687. The Morgan fingerprint density at radius 3 is 2.74 bits per heavy atom. The maximum absolute atomic E-state index is 12.2. The Morgan fingerprint density at radius 1 is 1.26 bits per heavy atom. The topological polar surface area (TPSA) is 75.7 Å². The molecule has 23 heavy (non-hydrogen) atoms. The van der Waals surface area contributed by atoms with Gasteiger partial charge in [-0.05, 0) is 25.0 Å². The van der Waals surface area contributed by atoms with Gasteiger partial charge < -0.3 is 9.64 Å². The smallest absolute Gasteiger partial charge is 0.235 e. The number of amides is 3. The van der Waals surface area contributed by atoms with Crippen LogP contribution in [0.1, 0.15) is 25.7 Å². The zero-order valence-electron chi connectivity index (χ0n) is 12.9. The SMILES string of the molecule is O=C1C[C@]2(CCN(C(=O)CCCOc3ccccc3)C2)C(=O)N1. The normalized spacial score (nSPS) is 23.4. The molecule has 2 aliphatic heterocycles. The predicted octanol–water partition coefficient (Wildman–Crippen LogP) is 1.11. The van der Waals surface area contributed by atoms with Crippen LogP contribution in [0.4, 0.5) is 0 Å². The summed E-state index contributed by atoms with van der Waals surface area (Å²) in [5, 5.41) is 2.34. The number of imide groups is 1. The summed E-state index contributed by atoms with van der Waals surface area (Å²) in [6.45, 7) is 1.37.